The van der Waals surface area contributed by atoms with E-state index in [2.05, 4.69) is 0 Å². The van der Waals surface area contributed by atoms with Gasteiger partial charge in [0, 0.05) is 26.3 Å². The van der Waals surface area contributed by atoms with E-state index in [0.29, 0.717) is 25.1 Å². The van der Waals surface area contributed by atoms with Crippen LogP contribution in [0.2, 0.25) is 5.02 Å². The van der Waals surface area contributed by atoms with Crippen molar-refractivity contribution in [2.45, 2.75) is 23.8 Å². The van der Waals surface area contributed by atoms with Crippen molar-refractivity contribution in [2.24, 2.45) is 0 Å². The number of sulfonamides is 1. The Kier molecular flexibility index (Phi) is 4.46. The molecule has 116 valence electrons. The predicted molar refractivity (Wildman–Crippen MR) is 81.5 cm³/mol. The molecule has 2 N–H and O–H groups in total. The lowest BCUT2D eigenvalue weighted by atomic mass is 10.2. The number of hydrogen-bond acceptors (Lipinski definition) is 4. The van der Waals surface area contributed by atoms with Crippen LogP contribution in [0.4, 0.5) is 5.69 Å². The average molecular weight is 332 g/mol. The smallest absolute Gasteiger partial charge is 0.245 e. The Bertz CT molecular complexity index is 661. The second-order valence-electron chi connectivity index (χ2n) is 5.20. The molecule has 6 nitrogen and oxygen atoms in total. The molecule has 1 amide bonds. The maximum absolute atomic E-state index is 12.8. The fourth-order valence-corrected chi connectivity index (χ4v) is 4.58. The molecule has 1 heterocycles. The number of amides is 1. The minimum Gasteiger partial charge on any atom is -0.399 e. The standard InChI is InChI=1S/C13H18ClN3O3S/c1-16(2)13(18)11-4-3-7-17(11)21(19,20)12-8-9(15)5-6-10(12)14/h5-6,8,11H,3-4,7,15H2,1-2H3. The highest BCUT2D eigenvalue weighted by Crippen LogP contribution is 2.31. The van der Waals surface area contributed by atoms with Crippen molar-refractivity contribution in [1.82, 2.24) is 9.21 Å². The zero-order valence-corrected chi connectivity index (χ0v) is 13.5. The number of hydrogen-bond donors (Lipinski definition) is 1. The van der Waals surface area contributed by atoms with Crippen LogP contribution in [0.15, 0.2) is 23.1 Å². The van der Waals surface area contributed by atoms with Crippen LogP contribution in [-0.4, -0.2) is 50.2 Å². The number of likely N-dealkylation sites (N-methyl/N-ethyl adjacent to an activating group) is 1. The average Bonchev–Trinajstić information content (AvgIpc) is 2.90. The van der Waals surface area contributed by atoms with Gasteiger partial charge in [0.2, 0.25) is 15.9 Å². The normalized spacial score (nSPS) is 19.7. The Morgan fingerprint density at radius 2 is 2.10 bits per heavy atom. The van der Waals surface area contributed by atoms with Crippen molar-refractivity contribution in [3.05, 3.63) is 23.2 Å². The number of anilines is 1. The monoisotopic (exact) mass is 331 g/mol. The van der Waals surface area contributed by atoms with E-state index < -0.39 is 16.1 Å². The van der Waals surface area contributed by atoms with E-state index in [4.69, 9.17) is 17.3 Å². The first-order valence-corrected chi connectivity index (χ1v) is 8.35. The Morgan fingerprint density at radius 3 is 2.71 bits per heavy atom. The molecule has 1 aliphatic rings. The van der Waals surface area contributed by atoms with Gasteiger partial charge in [-0.15, -0.1) is 0 Å². The zero-order valence-electron chi connectivity index (χ0n) is 11.9. The molecule has 0 radical (unpaired) electrons. The highest BCUT2D eigenvalue weighted by molar-refractivity contribution is 7.89. The van der Waals surface area contributed by atoms with E-state index in [0.717, 1.165) is 0 Å². The molecule has 1 saturated heterocycles. The third-order valence-electron chi connectivity index (χ3n) is 3.47. The molecular formula is C13H18ClN3O3S. The van der Waals surface area contributed by atoms with Crippen LogP contribution >= 0.6 is 11.6 Å². The largest absolute Gasteiger partial charge is 0.399 e. The van der Waals surface area contributed by atoms with Crippen molar-refractivity contribution in [3.8, 4) is 0 Å². The Labute approximate surface area is 129 Å². The summed E-state index contributed by atoms with van der Waals surface area (Å²) in [6, 6.07) is 3.63. The maximum atomic E-state index is 12.8. The number of halogens is 1. The topological polar surface area (TPSA) is 83.7 Å². The molecule has 0 saturated carbocycles. The summed E-state index contributed by atoms with van der Waals surface area (Å²) in [6.45, 7) is 0.303. The second-order valence-corrected chi connectivity index (χ2v) is 7.46. The van der Waals surface area contributed by atoms with Gasteiger partial charge in [-0.1, -0.05) is 11.6 Å². The molecule has 0 aliphatic carbocycles. The van der Waals surface area contributed by atoms with Crippen LogP contribution in [0.5, 0.6) is 0 Å². The van der Waals surface area contributed by atoms with Gasteiger partial charge in [-0.05, 0) is 31.0 Å². The van der Waals surface area contributed by atoms with Crippen LogP contribution in [-0.2, 0) is 14.8 Å². The lowest BCUT2D eigenvalue weighted by molar-refractivity contribution is -0.132. The van der Waals surface area contributed by atoms with E-state index in [1.165, 1.54) is 27.4 Å². The van der Waals surface area contributed by atoms with Crippen LogP contribution in [0.1, 0.15) is 12.8 Å². The summed E-state index contributed by atoms with van der Waals surface area (Å²) >= 11 is 5.99. The number of benzene rings is 1. The fraction of sp³-hybridized carbons (Fsp3) is 0.462. The number of nitrogens with two attached hydrogens (primary N) is 1. The van der Waals surface area contributed by atoms with Crippen LogP contribution < -0.4 is 5.73 Å². The summed E-state index contributed by atoms with van der Waals surface area (Å²) in [4.78, 5) is 13.5. The predicted octanol–water partition coefficient (Wildman–Crippen LogP) is 1.16. The number of carbonyl (C=O) groups is 1. The van der Waals surface area contributed by atoms with Gasteiger partial charge in [-0.25, -0.2) is 8.42 Å². The van der Waals surface area contributed by atoms with Gasteiger partial charge in [-0.2, -0.15) is 4.31 Å². The molecule has 0 aromatic heterocycles. The molecule has 0 spiro atoms. The van der Waals surface area contributed by atoms with Crippen molar-refractivity contribution < 1.29 is 13.2 Å². The van der Waals surface area contributed by atoms with Gasteiger partial charge < -0.3 is 10.6 Å². The molecule has 1 atom stereocenters. The summed E-state index contributed by atoms with van der Waals surface area (Å²) < 4.78 is 26.7. The van der Waals surface area contributed by atoms with E-state index in [1.807, 2.05) is 0 Å². The lowest BCUT2D eigenvalue weighted by Gasteiger charge is -2.26. The van der Waals surface area contributed by atoms with Crippen molar-refractivity contribution in [3.63, 3.8) is 0 Å². The number of rotatable bonds is 3. The molecule has 0 bridgehead atoms. The summed E-state index contributed by atoms with van der Waals surface area (Å²) in [5.41, 5.74) is 5.96. The first-order chi connectivity index (χ1) is 9.75. The third kappa shape index (κ3) is 3.00. The SMILES string of the molecule is CN(C)C(=O)C1CCCN1S(=O)(=O)c1cc(N)ccc1Cl. The number of nitrogen functional groups attached to an aromatic ring is 1. The van der Waals surface area contributed by atoms with E-state index in [9.17, 15) is 13.2 Å². The molecule has 8 heteroatoms. The molecule has 1 unspecified atom stereocenters. The summed E-state index contributed by atoms with van der Waals surface area (Å²) in [7, 11) is -0.626. The Hall–Kier alpha value is -1.31. The quantitative estimate of drug-likeness (QED) is 0.842. The summed E-state index contributed by atoms with van der Waals surface area (Å²) in [5.74, 6) is -0.226. The third-order valence-corrected chi connectivity index (χ3v) is 5.86. The molecular weight excluding hydrogens is 314 g/mol. The molecule has 21 heavy (non-hydrogen) atoms. The van der Waals surface area contributed by atoms with Crippen molar-refractivity contribution in [1.29, 1.82) is 0 Å². The van der Waals surface area contributed by atoms with Gasteiger partial charge >= 0.3 is 0 Å². The van der Waals surface area contributed by atoms with Gasteiger partial charge in [0.25, 0.3) is 0 Å². The van der Waals surface area contributed by atoms with E-state index in [-0.39, 0.29) is 15.8 Å². The van der Waals surface area contributed by atoms with E-state index >= 15 is 0 Å². The summed E-state index contributed by atoms with van der Waals surface area (Å²) in [5, 5.41) is 0.104. The van der Waals surface area contributed by atoms with Crippen LogP contribution in [0.25, 0.3) is 0 Å². The highest BCUT2D eigenvalue weighted by Gasteiger charge is 2.40. The molecule has 2 rings (SSSR count). The second kappa shape index (κ2) is 5.82. The Balaban J connectivity index is 2.43. The first-order valence-electron chi connectivity index (χ1n) is 6.53. The minimum atomic E-state index is -3.85. The van der Waals surface area contributed by atoms with Crippen molar-refractivity contribution >= 4 is 33.2 Å². The molecule has 1 aromatic carbocycles. The van der Waals surface area contributed by atoms with E-state index in [1.54, 1.807) is 14.1 Å². The van der Waals surface area contributed by atoms with Gasteiger partial charge in [0.05, 0.1) is 5.02 Å². The number of nitrogens with zero attached hydrogens (tertiary/aromatic N) is 2. The molecule has 1 aliphatic heterocycles. The maximum Gasteiger partial charge on any atom is 0.245 e. The van der Waals surface area contributed by atoms with Gasteiger partial charge in [0.15, 0.2) is 0 Å². The van der Waals surface area contributed by atoms with Crippen molar-refractivity contribution in [2.75, 3.05) is 26.4 Å². The molecule has 1 aromatic rings. The fourth-order valence-electron chi connectivity index (χ4n) is 2.42. The van der Waals surface area contributed by atoms with Crippen LogP contribution in [0.3, 0.4) is 0 Å². The van der Waals surface area contributed by atoms with Gasteiger partial charge in [-0.3, -0.25) is 4.79 Å². The summed E-state index contributed by atoms with van der Waals surface area (Å²) in [6.07, 6.45) is 1.15. The zero-order chi connectivity index (χ0) is 15.8. The Morgan fingerprint density at radius 1 is 1.43 bits per heavy atom. The van der Waals surface area contributed by atoms with Crippen LogP contribution in [0, 0.1) is 0 Å². The lowest BCUT2D eigenvalue weighted by Crippen LogP contribution is -2.45. The molecule has 1 fully saturated rings. The first kappa shape index (κ1) is 16.1. The highest BCUT2D eigenvalue weighted by atomic mass is 35.5. The minimum absolute atomic E-state index is 0.0531. The van der Waals surface area contributed by atoms with Gasteiger partial charge in [0.1, 0.15) is 10.9 Å². The number of carbonyl (C=O) groups excluding carboxylic acids is 1.